The Bertz CT molecular complexity index is 4030. The number of hydrogen-bond donors (Lipinski definition) is 0. The molecule has 0 radical (unpaired) electrons. The molecule has 92 heavy (non-hydrogen) atoms. The first-order valence-electron chi connectivity index (χ1n) is 36.1. The molecule has 10 aromatic carbocycles. The van der Waals surface area contributed by atoms with Gasteiger partial charge in [0.2, 0.25) is 26.9 Å². The van der Waals surface area contributed by atoms with E-state index in [1.54, 1.807) is 0 Å². The summed E-state index contributed by atoms with van der Waals surface area (Å²) in [7, 11) is 0. The summed E-state index contributed by atoms with van der Waals surface area (Å²) in [4.78, 5) is 0. The molecule has 8 aliphatic rings. The lowest BCUT2D eigenvalue weighted by Gasteiger charge is -2.37. The maximum atomic E-state index is 6.99. The second-order valence-electron chi connectivity index (χ2n) is 21.7. The summed E-state index contributed by atoms with van der Waals surface area (Å²) in [5, 5.41) is 0. The predicted octanol–water partition coefficient (Wildman–Crippen LogP) is 15.3. The summed E-state index contributed by atoms with van der Waals surface area (Å²) in [6.07, 6.45) is 5.94. The summed E-state index contributed by atoms with van der Waals surface area (Å²) in [6.45, 7) is 40.9. The van der Waals surface area contributed by atoms with Crippen LogP contribution in [-0.2, 0) is 38.5 Å². The van der Waals surface area contributed by atoms with Crippen molar-refractivity contribution < 1.29 is 9.47 Å². The van der Waals surface area contributed by atoms with E-state index in [1.807, 2.05) is 138 Å². The molecule has 0 spiro atoms. The molecule has 0 fully saturated rings. The van der Waals surface area contributed by atoms with Gasteiger partial charge in [0.05, 0.1) is 0 Å². The zero-order chi connectivity index (χ0) is 66.8. The van der Waals surface area contributed by atoms with Gasteiger partial charge in [-0.15, -0.1) is 0 Å². The van der Waals surface area contributed by atoms with Crippen molar-refractivity contribution in [1.82, 2.24) is 0 Å². The van der Waals surface area contributed by atoms with Crippen LogP contribution in [0, 0.1) is 0 Å². The van der Waals surface area contributed by atoms with Gasteiger partial charge in [0.15, 0.2) is 0 Å². The summed E-state index contributed by atoms with van der Waals surface area (Å²) in [6, 6.07) is 73.4. The van der Waals surface area contributed by atoms with E-state index in [0.29, 0.717) is 0 Å². The van der Waals surface area contributed by atoms with Gasteiger partial charge >= 0.3 is 0 Å². The molecule has 6 heteroatoms. The maximum Gasteiger partial charge on any atom is 0.247 e. The monoisotopic (exact) mass is 1210 g/mol. The van der Waals surface area contributed by atoms with Crippen molar-refractivity contribution in [1.29, 1.82) is 0 Å². The average molecular weight is 1210 g/mol. The van der Waals surface area contributed by atoms with E-state index in [0.717, 1.165) is 61.5 Å². The highest BCUT2D eigenvalue weighted by Gasteiger charge is 2.43. The zero-order valence-corrected chi connectivity index (χ0v) is 59.8. The van der Waals surface area contributed by atoms with E-state index < -0.39 is 0 Å². The minimum Gasteiger partial charge on any atom is -0.458 e. The molecule has 0 saturated carbocycles. The Morgan fingerprint density at radius 2 is 0.489 bits per heavy atom. The van der Waals surface area contributed by atoms with Gasteiger partial charge in [-0.3, -0.25) is 0 Å². The van der Waals surface area contributed by atoms with Crippen molar-refractivity contribution in [2.75, 3.05) is 0 Å². The molecule has 8 aliphatic heterocycles. The van der Waals surface area contributed by atoms with Gasteiger partial charge in [0, 0.05) is 0 Å². The Balaban J connectivity index is 0.000000206. The number of ether oxygens (including phenoxy) is 2. The third-order valence-corrected chi connectivity index (χ3v) is 18.0. The van der Waals surface area contributed by atoms with E-state index in [-0.39, 0.29) is 26.9 Å². The topological polar surface area (TPSA) is 18.5 Å². The van der Waals surface area contributed by atoms with Crippen molar-refractivity contribution >= 4 is 92.4 Å². The molecular formula is C86H104B4O2. The van der Waals surface area contributed by atoms with Gasteiger partial charge in [-0.05, 0) is 153 Å². The largest absolute Gasteiger partial charge is 0.458 e. The van der Waals surface area contributed by atoms with Crippen LogP contribution in [0.15, 0.2) is 194 Å². The quantitative estimate of drug-likeness (QED) is 0.141. The first-order chi connectivity index (χ1) is 45.6. The SMILES string of the molecule is CC.CC.CC.CC.CC.CC.CC.CC.CC.CC.c1ccc2c(c1)Cc1ccc3cc1B2c1ccc2c(c1)B1c4cc(ccc4Cc4cccc(c41)C2)O3.c1ccc2c(c1)Cc1cccc3c1B2c1ccc2c(c1)B1c4c(cccc4Cc4cccc(c41)O3)C2. The average Bonchev–Trinajstić information content (AvgIpc) is 0.728. The minimum absolute atomic E-state index is 0.177. The lowest BCUT2D eigenvalue weighted by atomic mass is 9.28. The first-order valence-corrected chi connectivity index (χ1v) is 36.1. The van der Waals surface area contributed by atoms with Crippen LogP contribution in [0.5, 0.6) is 23.0 Å². The number of rotatable bonds is 0. The molecular weight excluding hydrogens is 1110 g/mol. The normalized spacial score (nSPS) is 12.4. The van der Waals surface area contributed by atoms with Gasteiger partial charge in [-0.1, -0.05) is 351 Å². The molecule has 10 aromatic rings. The molecule has 2 nitrogen and oxygen atoms in total. The number of hydrogen-bond acceptors (Lipinski definition) is 2. The summed E-state index contributed by atoms with van der Waals surface area (Å²) >= 11 is 0. The lowest BCUT2D eigenvalue weighted by molar-refractivity contribution is 0.483. The molecule has 8 bridgehead atoms. The van der Waals surface area contributed by atoms with E-state index in [9.17, 15) is 0 Å². The predicted molar refractivity (Wildman–Crippen MR) is 414 cm³/mol. The fourth-order valence-electron chi connectivity index (χ4n) is 15.0. The van der Waals surface area contributed by atoms with Crippen LogP contribution in [0.4, 0.5) is 0 Å². The molecule has 0 N–H and O–H groups in total. The molecule has 8 heterocycles. The Labute approximate surface area is 559 Å². The highest BCUT2D eigenvalue weighted by Crippen LogP contribution is 2.32. The van der Waals surface area contributed by atoms with Crippen molar-refractivity contribution in [3.63, 3.8) is 0 Å². The van der Waals surface area contributed by atoms with Crippen LogP contribution in [0.2, 0.25) is 0 Å². The second kappa shape index (κ2) is 34.1. The van der Waals surface area contributed by atoms with Crippen LogP contribution in [-0.4, -0.2) is 26.9 Å². The molecule has 18 rings (SSSR count). The number of benzene rings is 10. The summed E-state index contributed by atoms with van der Waals surface area (Å²) in [5.41, 5.74) is 34.4. The van der Waals surface area contributed by atoms with Crippen molar-refractivity contribution in [2.45, 2.75) is 177 Å². The molecule has 0 amide bonds. The Kier molecular flexibility index (Phi) is 26.5. The third kappa shape index (κ3) is 13.2. The lowest BCUT2D eigenvalue weighted by Crippen LogP contribution is -2.64. The summed E-state index contributed by atoms with van der Waals surface area (Å²) < 4.78 is 13.5. The fraction of sp³-hybridized carbons (Fsp3) is 0.302. The van der Waals surface area contributed by atoms with Crippen molar-refractivity contribution in [3.05, 3.63) is 261 Å². The second-order valence-corrected chi connectivity index (χ2v) is 21.7. The molecule has 0 unspecified atom stereocenters. The van der Waals surface area contributed by atoms with Crippen LogP contribution in [0.25, 0.3) is 0 Å². The highest BCUT2D eigenvalue weighted by molar-refractivity contribution is 7.01. The number of fused-ring (bicyclic) bond motifs is 10. The van der Waals surface area contributed by atoms with E-state index in [4.69, 9.17) is 9.47 Å². The van der Waals surface area contributed by atoms with Crippen LogP contribution < -0.4 is 75.0 Å². The summed E-state index contributed by atoms with van der Waals surface area (Å²) in [5.74, 6) is 3.88. The van der Waals surface area contributed by atoms with Gasteiger partial charge in [-0.25, -0.2) is 0 Å². The molecule has 0 aromatic heterocycles. The van der Waals surface area contributed by atoms with Gasteiger partial charge in [-0.2, -0.15) is 0 Å². The molecule has 0 aliphatic carbocycles. The molecule has 472 valence electrons. The van der Waals surface area contributed by atoms with Crippen molar-refractivity contribution in [3.8, 4) is 23.0 Å². The first kappa shape index (κ1) is 71.5. The van der Waals surface area contributed by atoms with Crippen molar-refractivity contribution in [2.24, 2.45) is 0 Å². The van der Waals surface area contributed by atoms with Crippen LogP contribution >= 0.6 is 0 Å². The zero-order valence-electron chi connectivity index (χ0n) is 59.8. The van der Waals surface area contributed by atoms with Gasteiger partial charge < -0.3 is 9.47 Å². The minimum atomic E-state index is 0.177. The van der Waals surface area contributed by atoms with E-state index >= 15 is 0 Å². The standard InChI is InChI=1S/2C33H22B2O.10C2H6/c1-2-11-27-20(6-1)16-24-9-4-12-29-32(24)34(27)26-15-14-21-17-22-7-3-8-23-18-25-10-5-13-30(36-29)33(25)35(31(22)23)28(21)19-26;1-2-7-29-20(4-1)14-22-9-12-27-18-31(22)34(29)26-11-8-21-15-24-5-3-6-25-16-23-10-13-28(36-27)19-32(23)35(33(24)25)30(21)17-26;10*1-2/h1-15,19H,16-18H2;1-13,17-19H,14-16H2;10*1-2H3. The van der Waals surface area contributed by atoms with Gasteiger partial charge in [0.25, 0.3) is 0 Å². The molecule has 0 saturated heterocycles. The van der Waals surface area contributed by atoms with Crippen LogP contribution in [0.1, 0.15) is 205 Å². The fourth-order valence-corrected chi connectivity index (χ4v) is 15.0. The van der Waals surface area contributed by atoms with Gasteiger partial charge in [0.1, 0.15) is 23.0 Å². The highest BCUT2D eigenvalue weighted by atomic mass is 16.5. The molecule has 0 atom stereocenters. The Morgan fingerprint density at radius 1 is 0.207 bits per heavy atom. The third-order valence-electron chi connectivity index (χ3n) is 18.0. The maximum absolute atomic E-state index is 6.99. The Hall–Kier alpha value is -7.94. The van der Waals surface area contributed by atoms with E-state index in [2.05, 4.69) is 194 Å². The Morgan fingerprint density at radius 3 is 0.935 bits per heavy atom. The van der Waals surface area contributed by atoms with Crippen LogP contribution in [0.3, 0.4) is 0 Å². The smallest absolute Gasteiger partial charge is 0.247 e. The van der Waals surface area contributed by atoms with E-state index in [1.165, 1.54) is 132 Å².